The molecule has 2 aliphatic rings. The fourth-order valence-corrected chi connectivity index (χ4v) is 5.56. The topological polar surface area (TPSA) is 80.1 Å². The summed E-state index contributed by atoms with van der Waals surface area (Å²) in [6.07, 6.45) is 2.18. The van der Waals surface area contributed by atoms with Crippen LogP contribution in [0.2, 0.25) is 0 Å². The maximum Gasteiger partial charge on any atom is 0.420 e. The summed E-state index contributed by atoms with van der Waals surface area (Å²) in [5, 5.41) is 1.83. The number of anilines is 2. The number of carbonyl (C=O) groups is 2. The highest BCUT2D eigenvalue weighted by Crippen LogP contribution is 2.30. The number of carbonyl (C=O) groups excluding carboxylic acids is 2. The molecule has 0 radical (unpaired) electrons. The van der Waals surface area contributed by atoms with Crippen molar-refractivity contribution in [2.75, 3.05) is 50.1 Å². The fourth-order valence-electron chi connectivity index (χ4n) is 5.56. The lowest BCUT2D eigenvalue weighted by atomic mass is 10.1. The van der Waals surface area contributed by atoms with Crippen molar-refractivity contribution >= 4 is 34.3 Å². The first kappa shape index (κ1) is 25.7. The summed E-state index contributed by atoms with van der Waals surface area (Å²) in [6, 6.07) is 21.4. The third-order valence-corrected chi connectivity index (χ3v) is 7.81. The van der Waals surface area contributed by atoms with Crippen LogP contribution in [0.15, 0.2) is 66.7 Å². The Kier molecular flexibility index (Phi) is 7.02. The van der Waals surface area contributed by atoms with Gasteiger partial charge in [-0.15, -0.1) is 0 Å². The van der Waals surface area contributed by atoms with E-state index in [-0.39, 0.29) is 5.91 Å². The zero-order valence-corrected chi connectivity index (χ0v) is 22.9. The molecule has 0 atom stereocenters. The number of hydrogen-bond acceptors (Lipinski definition) is 6. The van der Waals surface area contributed by atoms with Crippen LogP contribution in [0, 0.1) is 0 Å². The third-order valence-electron chi connectivity index (χ3n) is 7.81. The Hall–Kier alpha value is -4.53. The van der Waals surface area contributed by atoms with E-state index in [0.29, 0.717) is 50.0 Å². The highest BCUT2D eigenvalue weighted by Gasteiger charge is 2.33. The van der Waals surface area contributed by atoms with E-state index in [1.54, 1.807) is 20.2 Å². The molecule has 4 aromatic rings. The molecule has 3 aromatic carbocycles. The Morgan fingerprint density at radius 2 is 1.62 bits per heavy atom. The lowest BCUT2D eigenvalue weighted by Crippen LogP contribution is -2.49. The van der Waals surface area contributed by atoms with Crippen LogP contribution in [-0.4, -0.2) is 66.8 Å². The van der Waals surface area contributed by atoms with Crippen molar-refractivity contribution in [3.05, 3.63) is 78.2 Å². The van der Waals surface area contributed by atoms with Gasteiger partial charge in [-0.05, 0) is 48.6 Å². The minimum atomic E-state index is -0.579. The second kappa shape index (κ2) is 10.9. The number of piperazine rings is 1. The molecule has 1 aromatic heterocycles. The molecule has 3 heterocycles. The van der Waals surface area contributed by atoms with E-state index >= 15 is 0 Å². The predicted octanol–water partition coefficient (Wildman–Crippen LogP) is 4.98. The number of hydrogen-bond donors (Lipinski definition) is 0. The van der Waals surface area contributed by atoms with Gasteiger partial charge in [-0.2, -0.15) is 0 Å². The molecule has 1 saturated heterocycles. The number of imidazole rings is 1. The van der Waals surface area contributed by atoms with Crippen LogP contribution in [0.5, 0.6) is 11.5 Å². The summed E-state index contributed by atoms with van der Waals surface area (Å²) < 4.78 is 13.1. The van der Waals surface area contributed by atoms with Gasteiger partial charge >= 0.3 is 6.09 Å². The quantitative estimate of drug-likeness (QED) is 0.356. The largest absolute Gasteiger partial charge is 0.497 e. The van der Waals surface area contributed by atoms with Crippen LogP contribution >= 0.6 is 0 Å². The van der Waals surface area contributed by atoms with Crippen molar-refractivity contribution in [2.45, 2.75) is 25.8 Å². The first-order valence-corrected chi connectivity index (χ1v) is 13.7. The summed E-state index contributed by atoms with van der Waals surface area (Å²) >= 11 is 0. The zero-order chi connectivity index (χ0) is 27.6. The van der Waals surface area contributed by atoms with Gasteiger partial charge < -0.3 is 23.8 Å². The van der Waals surface area contributed by atoms with E-state index in [1.165, 1.54) is 4.90 Å². The molecule has 206 valence electrons. The number of aryl methyl sites for hydroxylation is 1. The van der Waals surface area contributed by atoms with E-state index in [4.69, 9.17) is 14.5 Å². The summed E-state index contributed by atoms with van der Waals surface area (Å²) in [7, 11) is 3.28. The number of ether oxygens (including phenoxy) is 2. The third kappa shape index (κ3) is 4.83. The van der Waals surface area contributed by atoms with Gasteiger partial charge in [-0.3, -0.25) is 9.69 Å². The van der Waals surface area contributed by atoms with Crippen molar-refractivity contribution in [1.29, 1.82) is 0 Å². The second-order valence-corrected chi connectivity index (χ2v) is 10.2. The number of amides is 2. The van der Waals surface area contributed by atoms with Gasteiger partial charge in [0.1, 0.15) is 17.3 Å². The summed E-state index contributed by atoms with van der Waals surface area (Å²) in [5.41, 5.74) is 1.57. The van der Waals surface area contributed by atoms with Gasteiger partial charge in [0.25, 0.3) is 5.91 Å². The molecule has 9 nitrogen and oxygen atoms in total. The van der Waals surface area contributed by atoms with Crippen LogP contribution in [0.25, 0.3) is 10.8 Å². The van der Waals surface area contributed by atoms with Crippen LogP contribution in [0.1, 0.15) is 29.2 Å². The number of benzene rings is 3. The molecule has 40 heavy (non-hydrogen) atoms. The smallest absolute Gasteiger partial charge is 0.420 e. The van der Waals surface area contributed by atoms with Crippen molar-refractivity contribution in [3.8, 4) is 11.5 Å². The molecule has 0 saturated carbocycles. The first-order valence-electron chi connectivity index (χ1n) is 13.7. The lowest BCUT2D eigenvalue weighted by Gasteiger charge is -2.36. The molecular weight excluding hydrogens is 506 g/mol. The Bertz CT molecular complexity index is 1530. The van der Waals surface area contributed by atoms with Crippen LogP contribution in [0.3, 0.4) is 0 Å². The molecule has 0 N–H and O–H groups in total. The second-order valence-electron chi connectivity index (χ2n) is 10.2. The molecule has 1 fully saturated rings. The fraction of sp³-hybridized carbons (Fsp3) is 0.323. The lowest BCUT2D eigenvalue weighted by molar-refractivity contribution is 0.0735. The van der Waals surface area contributed by atoms with Gasteiger partial charge in [0.15, 0.2) is 11.5 Å². The average Bonchev–Trinajstić information content (AvgIpc) is 3.40. The first-order chi connectivity index (χ1) is 19.5. The minimum Gasteiger partial charge on any atom is -0.497 e. The SMILES string of the molecule is COc1ccc(N2CCN(C(=O)c3c(N(C)C(=O)Oc4cccc5ccccc45)nc4n3CCCC4)CC2)cc1. The molecule has 0 bridgehead atoms. The number of aromatic nitrogens is 2. The van der Waals surface area contributed by atoms with Gasteiger partial charge in [-0.25, -0.2) is 9.78 Å². The van der Waals surface area contributed by atoms with E-state index < -0.39 is 6.09 Å². The van der Waals surface area contributed by atoms with E-state index in [2.05, 4.69) is 4.90 Å². The van der Waals surface area contributed by atoms with Crippen molar-refractivity contribution in [2.24, 2.45) is 0 Å². The monoisotopic (exact) mass is 539 g/mol. The molecule has 2 amide bonds. The van der Waals surface area contributed by atoms with Crippen LogP contribution in [0.4, 0.5) is 16.3 Å². The van der Waals surface area contributed by atoms with E-state index in [9.17, 15) is 9.59 Å². The predicted molar refractivity (Wildman–Crippen MR) is 155 cm³/mol. The molecule has 6 rings (SSSR count). The van der Waals surface area contributed by atoms with Gasteiger partial charge in [-0.1, -0.05) is 36.4 Å². The molecule has 0 unspecified atom stereocenters. The van der Waals surface area contributed by atoms with Gasteiger partial charge in [0.05, 0.1) is 7.11 Å². The average molecular weight is 540 g/mol. The zero-order valence-electron chi connectivity index (χ0n) is 22.9. The Labute approximate surface area is 233 Å². The standard InChI is InChI=1S/C31H33N5O4/c1-33(31(38)40-26-11-7-9-22-8-3-4-10-25(22)26)29-28(36-17-6-5-12-27(36)32-29)30(37)35-20-18-34(19-21-35)23-13-15-24(39-2)16-14-23/h3-4,7-11,13-16H,5-6,12,17-21H2,1-2H3. The molecule has 2 aliphatic heterocycles. The van der Waals surface area contributed by atoms with Crippen molar-refractivity contribution < 1.29 is 19.1 Å². The molecule has 9 heteroatoms. The summed E-state index contributed by atoms with van der Waals surface area (Å²) in [6.45, 7) is 3.30. The highest BCUT2D eigenvalue weighted by atomic mass is 16.6. The number of nitrogens with zero attached hydrogens (tertiary/aromatic N) is 5. The summed E-state index contributed by atoms with van der Waals surface area (Å²) in [5.74, 6) is 2.38. The normalized spacial score (nSPS) is 15.1. The number of methoxy groups -OCH3 is 1. The van der Waals surface area contributed by atoms with Gasteiger partial charge in [0.2, 0.25) is 0 Å². The van der Waals surface area contributed by atoms with E-state index in [1.807, 2.05) is 70.1 Å². The molecular formula is C31H33N5O4. The molecule has 0 aliphatic carbocycles. The molecule has 0 spiro atoms. The van der Waals surface area contributed by atoms with Crippen LogP contribution in [-0.2, 0) is 13.0 Å². The number of fused-ring (bicyclic) bond motifs is 2. The Morgan fingerprint density at radius 1 is 0.875 bits per heavy atom. The van der Waals surface area contributed by atoms with Gasteiger partial charge in [0, 0.05) is 57.3 Å². The Morgan fingerprint density at radius 3 is 2.40 bits per heavy atom. The van der Waals surface area contributed by atoms with Crippen molar-refractivity contribution in [3.63, 3.8) is 0 Å². The minimum absolute atomic E-state index is 0.102. The Balaban J connectivity index is 1.23. The summed E-state index contributed by atoms with van der Waals surface area (Å²) in [4.78, 5) is 37.7. The van der Waals surface area contributed by atoms with Crippen molar-refractivity contribution in [1.82, 2.24) is 14.5 Å². The maximum absolute atomic E-state index is 14.0. The highest BCUT2D eigenvalue weighted by molar-refractivity contribution is 6.02. The van der Waals surface area contributed by atoms with Crippen LogP contribution < -0.4 is 19.3 Å². The van der Waals surface area contributed by atoms with E-state index in [0.717, 1.165) is 47.3 Å². The maximum atomic E-state index is 14.0. The number of rotatable bonds is 5.